The molecule has 1 aromatic carbocycles. The largest absolute Gasteiger partial charge is 0.342 e. The van der Waals surface area contributed by atoms with E-state index >= 15 is 0 Å². The summed E-state index contributed by atoms with van der Waals surface area (Å²) in [6.45, 7) is 6.98. The fourth-order valence-electron chi connectivity index (χ4n) is 4.47. The molecule has 0 aliphatic carbocycles. The molecule has 1 amide bonds. The summed E-state index contributed by atoms with van der Waals surface area (Å²) >= 11 is 0. The quantitative estimate of drug-likeness (QED) is 0.885. The van der Waals surface area contributed by atoms with Crippen LogP contribution in [0.25, 0.3) is 0 Å². The molecule has 4 rings (SSSR count). The highest BCUT2D eigenvalue weighted by Crippen LogP contribution is 2.29. The highest BCUT2D eigenvalue weighted by Gasteiger charge is 2.33. The number of aromatic nitrogens is 2. The SMILES string of the molecule is CCN1CCC(C(=O)N2CCC(c3cc(Cc4ccccc4)[nH]n3)CC2)C1. The van der Waals surface area contributed by atoms with E-state index in [2.05, 4.69) is 57.3 Å². The topological polar surface area (TPSA) is 52.2 Å². The van der Waals surface area contributed by atoms with Gasteiger partial charge >= 0.3 is 0 Å². The summed E-state index contributed by atoms with van der Waals surface area (Å²) in [6.07, 6.45) is 3.95. The molecule has 27 heavy (non-hydrogen) atoms. The average molecular weight is 367 g/mol. The monoisotopic (exact) mass is 366 g/mol. The van der Waals surface area contributed by atoms with Crippen LogP contribution in [0.5, 0.6) is 0 Å². The van der Waals surface area contributed by atoms with Crippen LogP contribution < -0.4 is 0 Å². The minimum atomic E-state index is 0.212. The van der Waals surface area contributed by atoms with Crippen LogP contribution in [0.3, 0.4) is 0 Å². The molecule has 5 heteroatoms. The molecule has 1 N–H and O–H groups in total. The maximum absolute atomic E-state index is 12.8. The van der Waals surface area contributed by atoms with Crippen LogP contribution in [0.2, 0.25) is 0 Å². The molecule has 2 aromatic rings. The van der Waals surface area contributed by atoms with Gasteiger partial charge in [-0.15, -0.1) is 0 Å². The number of hydrogen-bond acceptors (Lipinski definition) is 3. The number of nitrogens with one attached hydrogen (secondary N) is 1. The van der Waals surface area contributed by atoms with E-state index in [9.17, 15) is 4.79 Å². The number of aromatic amines is 1. The van der Waals surface area contributed by atoms with Crippen LogP contribution in [-0.2, 0) is 11.2 Å². The maximum atomic E-state index is 12.8. The first-order valence-electron chi connectivity index (χ1n) is 10.3. The lowest BCUT2D eigenvalue weighted by molar-refractivity contribution is -0.136. The highest BCUT2D eigenvalue weighted by molar-refractivity contribution is 5.79. The number of H-pyrrole nitrogens is 1. The van der Waals surface area contributed by atoms with Gasteiger partial charge in [-0.05, 0) is 44.0 Å². The lowest BCUT2D eigenvalue weighted by atomic mass is 9.92. The first-order chi connectivity index (χ1) is 13.2. The Hall–Kier alpha value is -2.14. The Bertz CT molecular complexity index is 749. The Labute approximate surface area is 161 Å². The Morgan fingerprint density at radius 2 is 1.93 bits per heavy atom. The van der Waals surface area contributed by atoms with Crippen LogP contribution in [0, 0.1) is 5.92 Å². The minimum Gasteiger partial charge on any atom is -0.342 e. The second kappa shape index (κ2) is 8.26. The summed E-state index contributed by atoms with van der Waals surface area (Å²) in [5.41, 5.74) is 3.62. The van der Waals surface area contributed by atoms with Crippen molar-refractivity contribution in [2.45, 2.75) is 38.5 Å². The zero-order valence-electron chi connectivity index (χ0n) is 16.2. The molecule has 2 aliphatic heterocycles. The molecule has 0 radical (unpaired) electrons. The third kappa shape index (κ3) is 4.24. The van der Waals surface area contributed by atoms with Crippen molar-refractivity contribution in [3.63, 3.8) is 0 Å². The third-order valence-corrected chi connectivity index (χ3v) is 6.18. The average Bonchev–Trinajstić information content (AvgIpc) is 3.38. The Balaban J connectivity index is 1.30. The number of amides is 1. The zero-order valence-corrected chi connectivity index (χ0v) is 16.2. The van der Waals surface area contributed by atoms with Crippen molar-refractivity contribution in [3.8, 4) is 0 Å². The van der Waals surface area contributed by atoms with E-state index in [0.29, 0.717) is 11.8 Å². The van der Waals surface area contributed by atoms with Gasteiger partial charge in [0.25, 0.3) is 0 Å². The second-order valence-corrected chi connectivity index (χ2v) is 7.96. The predicted molar refractivity (Wildman–Crippen MR) is 107 cm³/mol. The van der Waals surface area contributed by atoms with Gasteiger partial charge in [-0.25, -0.2) is 0 Å². The summed E-state index contributed by atoms with van der Waals surface area (Å²) < 4.78 is 0. The fraction of sp³-hybridized carbons (Fsp3) is 0.545. The number of likely N-dealkylation sites (tertiary alicyclic amines) is 2. The van der Waals surface area contributed by atoms with Gasteiger partial charge in [-0.3, -0.25) is 9.89 Å². The molecule has 3 heterocycles. The van der Waals surface area contributed by atoms with Gasteiger partial charge in [0.2, 0.25) is 5.91 Å². The molecule has 2 aliphatic rings. The zero-order chi connectivity index (χ0) is 18.6. The summed E-state index contributed by atoms with van der Waals surface area (Å²) in [5, 5.41) is 7.77. The first-order valence-corrected chi connectivity index (χ1v) is 10.3. The molecule has 0 spiro atoms. The van der Waals surface area contributed by atoms with Gasteiger partial charge < -0.3 is 9.80 Å². The Morgan fingerprint density at radius 3 is 2.63 bits per heavy atom. The molecule has 1 atom stereocenters. The number of rotatable bonds is 5. The number of nitrogens with zero attached hydrogens (tertiary/aromatic N) is 3. The molecule has 0 saturated carbocycles. The molecule has 2 saturated heterocycles. The second-order valence-electron chi connectivity index (χ2n) is 7.96. The summed E-state index contributed by atoms with van der Waals surface area (Å²) in [7, 11) is 0. The molecule has 2 fully saturated rings. The first kappa shape index (κ1) is 18.2. The summed E-state index contributed by atoms with van der Waals surface area (Å²) in [5.74, 6) is 1.05. The van der Waals surface area contributed by atoms with Crippen LogP contribution in [0.4, 0.5) is 0 Å². The van der Waals surface area contributed by atoms with Gasteiger partial charge in [0.1, 0.15) is 0 Å². The number of carbonyl (C=O) groups excluding carboxylic acids is 1. The number of hydrogen-bond donors (Lipinski definition) is 1. The Morgan fingerprint density at radius 1 is 1.15 bits per heavy atom. The standard InChI is InChI=1S/C22H30N4O/c1-2-25-11-8-19(16-25)22(27)26-12-9-18(10-13-26)21-15-20(23-24-21)14-17-6-4-3-5-7-17/h3-7,15,18-19H,2,8-14,16H2,1H3,(H,23,24). The van der Waals surface area contributed by atoms with Crippen molar-refractivity contribution in [1.29, 1.82) is 0 Å². The number of benzene rings is 1. The van der Waals surface area contributed by atoms with E-state index in [0.717, 1.165) is 64.1 Å². The smallest absolute Gasteiger partial charge is 0.227 e. The minimum absolute atomic E-state index is 0.212. The third-order valence-electron chi connectivity index (χ3n) is 6.18. The van der Waals surface area contributed by atoms with E-state index < -0.39 is 0 Å². The van der Waals surface area contributed by atoms with Crippen LogP contribution in [-0.4, -0.2) is 58.6 Å². The van der Waals surface area contributed by atoms with Crippen molar-refractivity contribution in [2.24, 2.45) is 5.92 Å². The van der Waals surface area contributed by atoms with Crippen LogP contribution in [0.1, 0.15) is 49.1 Å². The van der Waals surface area contributed by atoms with Gasteiger partial charge in [-0.1, -0.05) is 37.3 Å². The molecular formula is C22H30N4O. The van der Waals surface area contributed by atoms with E-state index in [4.69, 9.17) is 0 Å². The van der Waals surface area contributed by atoms with E-state index in [1.165, 1.54) is 11.3 Å². The number of piperidine rings is 1. The van der Waals surface area contributed by atoms with Crippen LogP contribution in [0.15, 0.2) is 36.4 Å². The highest BCUT2D eigenvalue weighted by atomic mass is 16.2. The molecule has 1 aromatic heterocycles. The van der Waals surface area contributed by atoms with Gasteiger partial charge in [-0.2, -0.15) is 5.10 Å². The van der Waals surface area contributed by atoms with Gasteiger partial charge in [0, 0.05) is 37.7 Å². The molecule has 5 nitrogen and oxygen atoms in total. The Kier molecular flexibility index (Phi) is 5.58. The molecule has 144 valence electrons. The van der Waals surface area contributed by atoms with Crippen molar-refractivity contribution in [2.75, 3.05) is 32.7 Å². The summed E-state index contributed by atoms with van der Waals surface area (Å²) in [4.78, 5) is 17.3. The lowest BCUT2D eigenvalue weighted by Gasteiger charge is -2.33. The van der Waals surface area contributed by atoms with E-state index in [1.54, 1.807) is 0 Å². The molecular weight excluding hydrogens is 336 g/mol. The fourth-order valence-corrected chi connectivity index (χ4v) is 4.47. The normalized spacial score (nSPS) is 21.7. The van der Waals surface area contributed by atoms with Crippen molar-refractivity contribution < 1.29 is 4.79 Å². The van der Waals surface area contributed by atoms with E-state index in [-0.39, 0.29) is 5.92 Å². The van der Waals surface area contributed by atoms with Gasteiger partial charge in [0.15, 0.2) is 0 Å². The van der Waals surface area contributed by atoms with Crippen molar-refractivity contribution >= 4 is 5.91 Å². The molecule has 0 bridgehead atoms. The maximum Gasteiger partial charge on any atom is 0.227 e. The summed E-state index contributed by atoms with van der Waals surface area (Å²) in [6, 6.07) is 12.7. The predicted octanol–water partition coefficient (Wildman–Crippen LogP) is 3.05. The van der Waals surface area contributed by atoms with Crippen LogP contribution >= 0.6 is 0 Å². The van der Waals surface area contributed by atoms with Crippen molar-refractivity contribution in [1.82, 2.24) is 20.0 Å². The van der Waals surface area contributed by atoms with Gasteiger partial charge in [0.05, 0.1) is 11.6 Å². The number of carbonyl (C=O) groups is 1. The molecule has 1 unspecified atom stereocenters. The lowest BCUT2D eigenvalue weighted by Crippen LogP contribution is -2.42. The van der Waals surface area contributed by atoms with E-state index in [1.807, 2.05) is 6.07 Å². The van der Waals surface area contributed by atoms with Crippen molar-refractivity contribution in [3.05, 3.63) is 53.3 Å².